The summed E-state index contributed by atoms with van der Waals surface area (Å²) in [7, 11) is 3.40. The first kappa shape index (κ1) is 22.6. The fraction of sp³-hybridized carbons (Fsp3) is 0.308. The summed E-state index contributed by atoms with van der Waals surface area (Å²) < 4.78 is 26.9. The van der Waals surface area contributed by atoms with E-state index in [-0.39, 0.29) is 17.7 Å². The van der Waals surface area contributed by atoms with Crippen LogP contribution in [-0.2, 0) is 0 Å². The molecule has 0 atom stereocenters. The van der Waals surface area contributed by atoms with E-state index in [4.69, 9.17) is 9.47 Å². The third-order valence-electron chi connectivity index (χ3n) is 5.33. The number of hydrogen-bond donors (Lipinski definition) is 0. The highest BCUT2D eigenvalue weighted by Crippen LogP contribution is 2.49. The van der Waals surface area contributed by atoms with Crippen LogP contribution in [0.5, 0.6) is 11.5 Å². The molecule has 158 valence electrons. The van der Waals surface area contributed by atoms with Gasteiger partial charge >= 0.3 is 0 Å². The van der Waals surface area contributed by atoms with Crippen LogP contribution in [0.1, 0.15) is 50.7 Å². The summed E-state index contributed by atoms with van der Waals surface area (Å²) in [5.74, 6) is 1.83. The maximum atomic E-state index is 14.0. The van der Waals surface area contributed by atoms with Gasteiger partial charge in [-0.25, -0.2) is 4.39 Å². The summed E-state index contributed by atoms with van der Waals surface area (Å²) in [5, 5.41) is 0. The first-order valence-corrected chi connectivity index (χ1v) is 11.2. The summed E-state index contributed by atoms with van der Waals surface area (Å²) in [6.45, 7) is 8.71. The molecule has 0 aromatic heterocycles. The molecule has 0 unspecified atom stereocenters. The second-order valence-electron chi connectivity index (χ2n) is 7.97. The summed E-state index contributed by atoms with van der Waals surface area (Å²) in [5.41, 5.74) is 6.28. The van der Waals surface area contributed by atoms with Crippen molar-refractivity contribution >= 4 is 22.6 Å². The Labute approximate surface area is 192 Å². The molecule has 0 heterocycles. The van der Waals surface area contributed by atoms with E-state index >= 15 is 0 Å². The molecule has 0 saturated carbocycles. The topological polar surface area (TPSA) is 18.5 Å². The third kappa shape index (κ3) is 4.20. The quantitative estimate of drug-likeness (QED) is 0.308. The van der Waals surface area contributed by atoms with Crippen LogP contribution in [0.15, 0.2) is 48.5 Å². The fourth-order valence-electron chi connectivity index (χ4n) is 4.00. The molecular weight excluding hydrogens is 490 g/mol. The van der Waals surface area contributed by atoms with E-state index in [0.717, 1.165) is 42.9 Å². The molecule has 3 aromatic rings. The minimum Gasteiger partial charge on any atom is -0.496 e. The second-order valence-corrected chi connectivity index (χ2v) is 9.13. The lowest BCUT2D eigenvalue weighted by atomic mass is 9.81. The van der Waals surface area contributed by atoms with Crippen molar-refractivity contribution in [1.82, 2.24) is 0 Å². The first-order valence-electron chi connectivity index (χ1n) is 10.1. The number of ether oxygens (including phenoxy) is 2. The van der Waals surface area contributed by atoms with Crippen molar-refractivity contribution in [2.45, 2.75) is 39.5 Å². The Balaban J connectivity index is 2.50. The van der Waals surface area contributed by atoms with Crippen LogP contribution in [-0.4, -0.2) is 14.2 Å². The molecule has 0 N–H and O–H groups in total. The molecule has 0 bridgehead atoms. The van der Waals surface area contributed by atoms with Gasteiger partial charge in [0.15, 0.2) is 0 Å². The standard InChI is InChI=1S/C26H28FIO2/c1-15(2)19-14-20(17-9-7-10-18(27)13-17)26(30-6)23(16(3)4)24(19)25-21(28)11-8-12-22(25)29-5/h7-16H,1-6H3. The number of benzene rings is 3. The fourth-order valence-corrected chi connectivity index (χ4v) is 4.74. The molecule has 0 fully saturated rings. The molecule has 0 radical (unpaired) electrons. The molecule has 0 saturated heterocycles. The van der Waals surface area contributed by atoms with Gasteiger partial charge in [0.25, 0.3) is 0 Å². The third-order valence-corrected chi connectivity index (χ3v) is 6.23. The van der Waals surface area contributed by atoms with E-state index in [2.05, 4.69) is 62.4 Å². The lowest BCUT2D eigenvalue weighted by molar-refractivity contribution is 0.408. The Hall–Kier alpha value is -2.08. The van der Waals surface area contributed by atoms with Crippen molar-refractivity contribution in [3.05, 3.63) is 69.0 Å². The lowest BCUT2D eigenvalue weighted by Crippen LogP contribution is -2.07. The van der Waals surface area contributed by atoms with Gasteiger partial charge in [-0.1, -0.05) is 45.9 Å². The largest absolute Gasteiger partial charge is 0.496 e. The highest BCUT2D eigenvalue weighted by atomic mass is 127. The molecule has 0 aliphatic heterocycles. The summed E-state index contributed by atoms with van der Waals surface area (Å²) in [4.78, 5) is 0. The van der Waals surface area contributed by atoms with Gasteiger partial charge in [0, 0.05) is 20.3 Å². The van der Waals surface area contributed by atoms with Crippen LogP contribution in [0, 0.1) is 9.39 Å². The van der Waals surface area contributed by atoms with Crippen LogP contribution < -0.4 is 9.47 Å². The van der Waals surface area contributed by atoms with Gasteiger partial charge in [-0.2, -0.15) is 0 Å². The highest BCUT2D eigenvalue weighted by Gasteiger charge is 2.27. The molecule has 0 aliphatic rings. The normalized spacial score (nSPS) is 11.3. The molecule has 2 nitrogen and oxygen atoms in total. The number of rotatable bonds is 6. The van der Waals surface area contributed by atoms with Crippen LogP contribution in [0.4, 0.5) is 4.39 Å². The van der Waals surface area contributed by atoms with Crippen molar-refractivity contribution < 1.29 is 13.9 Å². The molecule has 0 amide bonds. The summed E-state index contributed by atoms with van der Waals surface area (Å²) in [6.07, 6.45) is 0. The molecule has 4 heteroatoms. The maximum absolute atomic E-state index is 14.0. The van der Waals surface area contributed by atoms with Gasteiger partial charge in [-0.3, -0.25) is 0 Å². The van der Waals surface area contributed by atoms with Gasteiger partial charge in [0.2, 0.25) is 0 Å². The Bertz CT molecular complexity index is 1060. The average Bonchev–Trinajstić information content (AvgIpc) is 2.71. The van der Waals surface area contributed by atoms with E-state index in [1.54, 1.807) is 26.4 Å². The monoisotopic (exact) mass is 518 g/mol. The van der Waals surface area contributed by atoms with Gasteiger partial charge in [-0.15, -0.1) is 0 Å². The number of methoxy groups -OCH3 is 2. The van der Waals surface area contributed by atoms with E-state index in [0.29, 0.717) is 0 Å². The van der Waals surface area contributed by atoms with E-state index in [1.807, 2.05) is 18.2 Å². The van der Waals surface area contributed by atoms with Gasteiger partial charge in [0.05, 0.1) is 14.2 Å². The summed E-state index contributed by atoms with van der Waals surface area (Å²) in [6, 6.07) is 15.0. The van der Waals surface area contributed by atoms with Crippen molar-refractivity contribution in [1.29, 1.82) is 0 Å². The van der Waals surface area contributed by atoms with Gasteiger partial charge < -0.3 is 9.47 Å². The highest BCUT2D eigenvalue weighted by molar-refractivity contribution is 14.1. The van der Waals surface area contributed by atoms with Crippen LogP contribution >= 0.6 is 22.6 Å². The number of halogens is 2. The van der Waals surface area contributed by atoms with Crippen LogP contribution in [0.2, 0.25) is 0 Å². The van der Waals surface area contributed by atoms with Crippen molar-refractivity contribution in [3.8, 4) is 33.8 Å². The van der Waals surface area contributed by atoms with Crippen molar-refractivity contribution in [2.24, 2.45) is 0 Å². The summed E-state index contributed by atoms with van der Waals surface area (Å²) >= 11 is 2.37. The average molecular weight is 518 g/mol. The second kappa shape index (κ2) is 9.38. The smallest absolute Gasteiger partial charge is 0.130 e. The van der Waals surface area contributed by atoms with Crippen LogP contribution in [0.25, 0.3) is 22.3 Å². The molecule has 30 heavy (non-hydrogen) atoms. The lowest BCUT2D eigenvalue weighted by Gasteiger charge is -2.27. The zero-order valence-electron chi connectivity index (χ0n) is 18.3. The van der Waals surface area contributed by atoms with E-state index in [1.165, 1.54) is 11.6 Å². The van der Waals surface area contributed by atoms with E-state index < -0.39 is 0 Å². The molecule has 0 spiro atoms. The molecule has 0 aliphatic carbocycles. The Morgan fingerprint density at radius 2 is 1.53 bits per heavy atom. The van der Waals surface area contributed by atoms with Gasteiger partial charge in [0.1, 0.15) is 17.3 Å². The SMILES string of the molecule is COc1cccc(I)c1-c1c(C(C)C)cc(-c2cccc(F)c2)c(OC)c1C(C)C. The Morgan fingerprint density at radius 1 is 0.833 bits per heavy atom. The Kier molecular flexibility index (Phi) is 7.06. The number of hydrogen-bond acceptors (Lipinski definition) is 2. The first-order chi connectivity index (χ1) is 14.3. The zero-order chi connectivity index (χ0) is 22.0. The zero-order valence-corrected chi connectivity index (χ0v) is 20.5. The predicted molar refractivity (Wildman–Crippen MR) is 131 cm³/mol. The maximum Gasteiger partial charge on any atom is 0.130 e. The van der Waals surface area contributed by atoms with Crippen molar-refractivity contribution in [3.63, 3.8) is 0 Å². The minimum absolute atomic E-state index is 0.196. The van der Waals surface area contributed by atoms with E-state index in [9.17, 15) is 4.39 Å². The molecule has 3 rings (SSSR count). The minimum atomic E-state index is -0.255. The Morgan fingerprint density at radius 3 is 2.10 bits per heavy atom. The molecular formula is C26H28FIO2. The van der Waals surface area contributed by atoms with Gasteiger partial charge in [-0.05, 0) is 81.4 Å². The van der Waals surface area contributed by atoms with Crippen molar-refractivity contribution in [2.75, 3.05) is 14.2 Å². The van der Waals surface area contributed by atoms with Crippen LogP contribution in [0.3, 0.4) is 0 Å². The molecule has 3 aromatic carbocycles. The predicted octanol–water partition coefficient (Wildman–Crippen LogP) is 8.03.